The van der Waals surface area contributed by atoms with Crippen molar-refractivity contribution in [3.63, 3.8) is 0 Å². The molecule has 1 saturated carbocycles. The molecule has 0 N–H and O–H groups in total. The van der Waals surface area contributed by atoms with E-state index in [-0.39, 0.29) is 69.7 Å². The van der Waals surface area contributed by atoms with Crippen molar-refractivity contribution in [1.82, 2.24) is 0 Å². The van der Waals surface area contributed by atoms with E-state index in [9.17, 15) is 0 Å². The van der Waals surface area contributed by atoms with Gasteiger partial charge in [0.1, 0.15) is 0 Å². The summed E-state index contributed by atoms with van der Waals surface area (Å²) in [6.07, 6.45) is 11.1. The van der Waals surface area contributed by atoms with Crippen LogP contribution in [0.4, 0.5) is 0 Å². The van der Waals surface area contributed by atoms with Crippen LogP contribution in [0.25, 0.3) is 0 Å². The summed E-state index contributed by atoms with van der Waals surface area (Å²) in [5, 5.41) is 4.81. The topological polar surface area (TPSA) is 0 Å². The molecule has 5 heteroatoms. The Bertz CT molecular complexity index is 1610. The normalized spacial score (nSPS) is 20.5. The maximum absolute atomic E-state index is 2.91. The summed E-state index contributed by atoms with van der Waals surface area (Å²) in [7, 11) is -2.91. The predicted octanol–water partition coefficient (Wildman–Crippen LogP) is 3.42. The fourth-order valence-electron chi connectivity index (χ4n) is 8.83. The van der Waals surface area contributed by atoms with Crippen LogP contribution in [0.3, 0.4) is 0 Å². The van der Waals surface area contributed by atoms with E-state index >= 15 is 0 Å². The first-order valence-electron chi connectivity index (χ1n) is 20.5. The maximum Gasteiger partial charge on any atom is -1.00 e. The smallest absolute Gasteiger partial charge is 1.00 e. The first kappa shape index (κ1) is 51.1. The van der Waals surface area contributed by atoms with Crippen molar-refractivity contribution >= 4 is 23.6 Å². The summed E-state index contributed by atoms with van der Waals surface area (Å²) >= 11 is 2.61. The third kappa shape index (κ3) is 10.3. The van der Waals surface area contributed by atoms with Crippen LogP contribution >= 0.6 is 0 Å². The van der Waals surface area contributed by atoms with Crippen molar-refractivity contribution in [3.05, 3.63) is 112 Å². The Morgan fingerprint density at radius 1 is 0.411 bits per heavy atom. The molecule has 0 bridgehead atoms. The Hall–Kier alpha value is -1.06. The summed E-state index contributed by atoms with van der Waals surface area (Å²) in [5.41, 5.74) is 9.35. The van der Waals surface area contributed by atoms with Gasteiger partial charge in [-0.2, -0.15) is 0 Å². The van der Waals surface area contributed by atoms with E-state index in [1.807, 2.05) is 0 Å². The number of hydrogen-bond acceptors (Lipinski definition) is 0. The molecule has 306 valence electrons. The molecule has 0 radical (unpaired) electrons. The van der Waals surface area contributed by atoms with Crippen LogP contribution in [-0.2, 0) is 52.9 Å². The van der Waals surface area contributed by atoms with Crippen molar-refractivity contribution in [2.45, 2.75) is 173 Å². The first-order valence-corrected chi connectivity index (χ1v) is 23.5. The van der Waals surface area contributed by atoms with Gasteiger partial charge in [-0.05, 0) is 0 Å². The number of halogens is 3. The predicted molar refractivity (Wildman–Crippen MR) is 234 cm³/mol. The molecule has 4 atom stereocenters. The number of allylic oxidation sites excluding steroid dienone is 4. The Morgan fingerprint density at radius 2 is 0.661 bits per heavy atom. The zero-order valence-electron chi connectivity index (χ0n) is 38.2. The molecule has 5 rings (SSSR count). The summed E-state index contributed by atoms with van der Waals surface area (Å²) in [6, 6.07) is 23.9. The van der Waals surface area contributed by atoms with Gasteiger partial charge in [-0.15, -0.1) is 0 Å². The van der Waals surface area contributed by atoms with E-state index in [0.717, 1.165) is 0 Å². The third-order valence-corrected chi connectivity index (χ3v) is 19.4. The fourth-order valence-corrected chi connectivity index (χ4v) is 16.9. The van der Waals surface area contributed by atoms with E-state index < -0.39 is 8.07 Å². The molecule has 0 spiro atoms. The molecule has 0 aliphatic heterocycles. The molecule has 0 aromatic heterocycles. The quantitative estimate of drug-likeness (QED) is 0.279. The van der Waals surface area contributed by atoms with Crippen LogP contribution in [-0.4, -0.2) is 8.07 Å². The zero-order valence-corrected chi connectivity index (χ0v) is 43.0. The first-order chi connectivity index (χ1) is 23.9. The maximum atomic E-state index is 2.71. The second-order valence-corrected chi connectivity index (χ2v) is 28.3. The molecule has 1 fully saturated rings. The van der Waals surface area contributed by atoms with Crippen LogP contribution < -0.4 is 52.8 Å². The van der Waals surface area contributed by atoms with Crippen LogP contribution in [0.2, 0.25) is 9.76 Å². The number of fused-ring (bicyclic) bond motifs is 1. The van der Waals surface area contributed by atoms with Crippen molar-refractivity contribution in [1.29, 1.82) is 0 Å². The summed E-state index contributed by atoms with van der Waals surface area (Å²) in [4.78, 5) is 0. The monoisotopic (exact) mass is 866 g/mol. The van der Waals surface area contributed by atoms with Gasteiger partial charge >= 0.3 is 341 Å². The summed E-state index contributed by atoms with van der Waals surface area (Å²) in [6.45, 7) is 43.5. The second-order valence-electron chi connectivity index (χ2n) is 23.1. The molecule has 3 aromatic rings. The van der Waals surface area contributed by atoms with Crippen LogP contribution in [0.5, 0.6) is 0 Å². The van der Waals surface area contributed by atoms with Gasteiger partial charge in [0.15, 0.2) is 0 Å². The van der Waals surface area contributed by atoms with Crippen molar-refractivity contribution < 1.29 is 57.7 Å². The molecular formula is C51H73Cl3SiTi. The van der Waals surface area contributed by atoms with Gasteiger partial charge in [0.2, 0.25) is 0 Å². The van der Waals surface area contributed by atoms with Gasteiger partial charge in [0.25, 0.3) is 0 Å². The number of benzene rings is 3. The van der Waals surface area contributed by atoms with Gasteiger partial charge in [-0.25, -0.2) is 0 Å². The second kappa shape index (κ2) is 17.1. The standard InChI is InChI=1S/C51H73Si.3ClH.Ti/c1-46(2,3)35-25-36(47(4,5)6)29-41(28-35)52(45-24-23-34-21-19-20-22-44(34)45,42-30-37(48(7,8)9)26-38(31-42)49(10,11)12)43-32-39(50(13,14)15)27-40(33-43)51(16,17)18;;;;/h19-22,24-34,44-45H,23H2,1-18H3;3*1H;/q;;;;+3/p-3. The molecule has 56 heavy (non-hydrogen) atoms. The number of rotatable bonds is 4. The summed E-state index contributed by atoms with van der Waals surface area (Å²) < 4.78 is 0.563. The average Bonchev–Trinajstić information content (AvgIpc) is 3.34. The van der Waals surface area contributed by atoms with Crippen molar-refractivity contribution in [2.24, 2.45) is 11.8 Å². The van der Waals surface area contributed by atoms with Crippen LogP contribution in [0.15, 0.2) is 78.9 Å². The van der Waals surface area contributed by atoms with E-state index in [1.165, 1.54) is 39.8 Å². The van der Waals surface area contributed by atoms with Gasteiger partial charge in [0.05, 0.1) is 0 Å². The average molecular weight is 868 g/mol. The zero-order chi connectivity index (χ0) is 39.9. The summed E-state index contributed by atoms with van der Waals surface area (Å²) in [5.74, 6) is 1.06. The van der Waals surface area contributed by atoms with Gasteiger partial charge in [-0.3, -0.25) is 0 Å². The Morgan fingerprint density at radius 3 is 0.911 bits per heavy atom. The molecule has 0 amide bonds. The fraction of sp³-hybridized carbons (Fsp3) is 0.569. The van der Waals surface area contributed by atoms with Crippen LogP contribution in [0.1, 0.15) is 164 Å². The third-order valence-electron chi connectivity index (χ3n) is 12.5. The Kier molecular flexibility index (Phi) is 15.6. The SMILES string of the molecule is CC(C)(C)c1cc(C(C)(C)C)cc([Si](c2cc(C(C)(C)C)cc(C(C)(C)C)c2)(c2cc(C(C)(C)C)cc(C(C)(C)C)c2)C2[CH]([Ti+3])CC3C=CC=CC32)c1.[Cl-].[Cl-].[Cl-]. The Balaban J connectivity index is 0.00000361. The molecule has 2 aliphatic rings. The van der Waals surface area contributed by atoms with Crippen LogP contribution in [0, 0.1) is 11.8 Å². The molecule has 4 unspecified atom stereocenters. The largest absolute Gasteiger partial charge is 1.00 e. The van der Waals surface area contributed by atoms with E-state index in [0.29, 0.717) is 21.6 Å². The van der Waals surface area contributed by atoms with Gasteiger partial charge < -0.3 is 37.2 Å². The molecule has 0 saturated heterocycles. The number of hydrogen-bond donors (Lipinski definition) is 0. The Labute approximate surface area is 376 Å². The van der Waals surface area contributed by atoms with Crippen molar-refractivity contribution in [3.8, 4) is 0 Å². The molecular weight excluding hydrogens is 795 g/mol. The molecule has 0 heterocycles. The minimum atomic E-state index is -2.91. The van der Waals surface area contributed by atoms with E-state index in [2.05, 4.69) is 224 Å². The van der Waals surface area contributed by atoms with Gasteiger partial charge in [0, 0.05) is 0 Å². The van der Waals surface area contributed by atoms with E-state index in [1.54, 1.807) is 15.6 Å². The van der Waals surface area contributed by atoms with Gasteiger partial charge in [-0.1, -0.05) is 0 Å². The molecule has 2 aliphatic carbocycles. The molecule has 3 aromatic carbocycles. The van der Waals surface area contributed by atoms with E-state index in [4.69, 9.17) is 0 Å². The molecule has 0 nitrogen and oxygen atoms in total. The van der Waals surface area contributed by atoms with Crippen molar-refractivity contribution in [2.75, 3.05) is 0 Å². The minimum Gasteiger partial charge on any atom is -1.00 e. The minimum absolute atomic E-state index is 0.